The van der Waals surface area contributed by atoms with E-state index in [4.69, 9.17) is 0 Å². The smallest absolute Gasteiger partial charge is 0.379 e. The highest BCUT2D eigenvalue weighted by atomic mass is 19.4. The number of rotatable bonds is 8. The molecule has 0 saturated carbocycles. The zero-order chi connectivity index (χ0) is 22.2. The number of alkyl halides is 12. The van der Waals surface area contributed by atoms with Gasteiger partial charge in [0.1, 0.15) is 0 Å². The third-order valence-electron chi connectivity index (χ3n) is 3.21. The Labute approximate surface area is 148 Å². The van der Waals surface area contributed by atoms with Crippen molar-refractivity contribution in [2.45, 2.75) is 36.6 Å². The molecule has 28 heavy (non-hydrogen) atoms. The minimum Gasteiger partial charge on any atom is -0.379 e. The van der Waals surface area contributed by atoms with E-state index < -0.39 is 67.8 Å². The van der Waals surface area contributed by atoms with Gasteiger partial charge in [-0.2, -0.15) is 52.7 Å². The van der Waals surface area contributed by atoms with E-state index in [1.807, 2.05) is 0 Å². The second kappa shape index (κ2) is 7.66. The highest BCUT2D eigenvalue weighted by Gasteiger charge is 2.76. The molecule has 1 unspecified atom stereocenters. The molecule has 0 spiro atoms. The summed E-state index contributed by atoms with van der Waals surface area (Å²) in [6.45, 7) is -3.15. The number of ether oxygens (including phenoxy) is 4. The van der Waals surface area contributed by atoms with Gasteiger partial charge in [0.05, 0.1) is 13.2 Å². The van der Waals surface area contributed by atoms with E-state index in [2.05, 4.69) is 18.9 Å². The molecule has 0 bridgehead atoms. The number of nitrogens with zero attached hydrogens (tertiary/aromatic N) is 1. The first-order valence-electron chi connectivity index (χ1n) is 6.88. The average Bonchev–Trinajstić information content (AvgIpc) is 2.53. The molecule has 0 aromatic rings. The average molecular weight is 449 g/mol. The third-order valence-corrected chi connectivity index (χ3v) is 3.21. The molecule has 0 amide bonds. The summed E-state index contributed by atoms with van der Waals surface area (Å²) in [6, 6.07) is -12.5. The molecule has 0 aromatic carbocycles. The molecule has 1 atom stereocenters. The van der Waals surface area contributed by atoms with Crippen molar-refractivity contribution in [1.29, 1.82) is 0 Å². The zero-order valence-electron chi connectivity index (χ0n) is 13.4. The normalized spacial score (nSPS) is 20.9. The van der Waals surface area contributed by atoms with Crippen molar-refractivity contribution < 1.29 is 71.6 Å². The second-order valence-electron chi connectivity index (χ2n) is 5.13. The van der Waals surface area contributed by atoms with Gasteiger partial charge in [-0.1, -0.05) is 0 Å². The van der Waals surface area contributed by atoms with Crippen LogP contribution in [-0.4, -0.2) is 74.9 Å². The van der Waals surface area contributed by atoms with Crippen LogP contribution in [0.3, 0.4) is 0 Å². The minimum atomic E-state index is -7.04. The Morgan fingerprint density at radius 3 is 1.50 bits per heavy atom. The fourth-order valence-corrected chi connectivity index (χ4v) is 1.73. The largest absolute Gasteiger partial charge is 0.478 e. The van der Waals surface area contributed by atoms with Crippen molar-refractivity contribution in [2.75, 3.05) is 33.4 Å². The molecule has 0 aromatic heterocycles. The molecular formula is C11H11F12NO4. The van der Waals surface area contributed by atoms with E-state index in [-0.39, 0.29) is 7.11 Å². The summed E-state index contributed by atoms with van der Waals surface area (Å²) in [7, 11) is -0.174. The SMILES string of the molecule is COC(F)(F)C(F)(F)OC(F)(OC(F)(F)C(F)(F)N1CCOCC1)C(F)(F)F. The standard InChI is InChI=1S/C11H11F12NO4/c1-25-9(19,20)10(21,22)28-11(23,6(12,13)14)27-8(17,18)7(15,16)24-2-4-26-5-3-24/h2-5H2,1H3. The quantitative estimate of drug-likeness (QED) is 0.322. The fraction of sp³-hybridized carbons (Fsp3) is 1.00. The van der Waals surface area contributed by atoms with Gasteiger partial charge in [0.2, 0.25) is 0 Å². The van der Waals surface area contributed by atoms with Crippen LogP contribution in [-0.2, 0) is 18.9 Å². The highest BCUT2D eigenvalue weighted by Crippen LogP contribution is 2.50. The van der Waals surface area contributed by atoms with Gasteiger partial charge >= 0.3 is 36.6 Å². The van der Waals surface area contributed by atoms with Crippen molar-refractivity contribution in [2.24, 2.45) is 0 Å². The third kappa shape index (κ3) is 4.74. The summed E-state index contributed by atoms with van der Waals surface area (Å²) in [6.07, 6.45) is -26.0. The molecule has 5 nitrogen and oxygen atoms in total. The maximum atomic E-state index is 13.8. The van der Waals surface area contributed by atoms with Gasteiger partial charge in [0.25, 0.3) is 0 Å². The van der Waals surface area contributed by atoms with Gasteiger partial charge < -0.3 is 9.47 Å². The molecule has 168 valence electrons. The Morgan fingerprint density at radius 2 is 1.11 bits per heavy atom. The first kappa shape index (κ1) is 25.0. The molecule has 1 fully saturated rings. The van der Waals surface area contributed by atoms with Crippen molar-refractivity contribution in [1.82, 2.24) is 4.90 Å². The summed E-state index contributed by atoms with van der Waals surface area (Å²) in [4.78, 5) is -0.491. The van der Waals surface area contributed by atoms with Crippen LogP contribution in [0.25, 0.3) is 0 Å². The fourth-order valence-electron chi connectivity index (χ4n) is 1.73. The lowest BCUT2D eigenvalue weighted by Gasteiger charge is -2.40. The number of halogens is 12. The second-order valence-corrected chi connectivity index (χ2v) is 5.13. The van der Waals surface area contributed by atoms with Gasteiger partial charge in [-0.15, -0.1) is 0 Å². The van der Waals surface area contributed by atoms with E-state index in [1.165, 1.54) is 0 Å². The van der Waals surface area contributed by atoms with E-state index in [0.717, 1.165) is 0 Å². The van der Waals surface area contributed by atoms with Crippen LogP contribution in [0.2, 0.25) is 0 Å². The summed E-state index contributed by atoms with van der Waals surface area (Å²) < 4.78 is 170. The van der Waals surface area contributed by atoms with Crippen LogP contribution in [0.5, 0.6) is 0 Å². The van der Waals surface area contributed by atoms with Crippen LogP contribution in [0, 0.1) is 0 Å². The molecule has 1 aliphatic heterocycles. The first-order chi connectivity index (χ1) is 12.3. The molecule has 0 N–H and O–H groups in total. The Kier molecular flexibility index (Phi) is 6.84. The van der Waals surface area contributed by atoms with Crippen molar-refractivity contribution in [3.63, 3.8) is 0 Å². The van der Waals surface area contributed by atoms with Crippen LogP contribution in [0.15, 0.2) is 0 Å². The minimum absolute atomic E-state index is 0.174. The molecule has 1 rings (SSSR count). The number of morpholine rings is 1. The molecule has 0 aliphatic carbocycles. The van der Waals surface area contributed by atoms with Crippen molar-refractivity contribution >= 4 is 0 Å². The van der Waals surface area contributed by atoms with Gasteiger partial charge in [-0.3, -0.25) is 0 Å². The molecule has 17 heteroatoms. The highest BCUT2D eigenvalue weighted by molar-refractivity contribution is 4.84. The summed E-state index contributed by atoms with van der Waals surface area (Å²) in [5.41, 5.74) is 0. The van der Waals surface area contributed by atoms with E-state index >= 15 is 0 Å². The summed E-state index contributed by atoms with van der Waals surface area (Å²) >= 11 is 0. The van der Waals surface area contributed by atoms with Crippen molar-refractivity contribution in [3.05, 3.63) is 0 Å². The van der Waals surface area contributed by atoms with Gasteiger partial charge in [0, 0.05) is 20.2 Å². The van der Waals surface area contributed by atoms with Crippen LogP contribution in [0.1, 0.15) is 0 Å². The molecule has 1 saturated heterocycles. The topological polar surface area (TPSA) is 40.2 Å². The first-order valence-corrected chi connectivity index (χ1v) is 6.88. The predicted molar refractivity (Wildman–Crippen MR) is 61.3 cm³/mol. The Bertz CT molecular complexity index is 536. The zero-order valence-corrected chi connectivity index (χ0v) is 13.4. The number of hydrogen-bond donors (Lipinski definition) is 0. The lowest BCUT2D eigenvalue weighted by Crippen LogP contribution is -2.64. The molecule has 0 radical (unpaired) electrons. The monoisotopic (exact) mass is 449 g/mol. The molecular weight excluding hydrogens is 438 g/mol. The Balaban J connectivity index is 3.23. The lowest BCUT2D eigenvalue weighted by molar-refractivity contribution is -0.577. The van der Waals surface area contributed by atoms with Gasteiger partial charge in [-0.05, 0) is 0 Å². The van der Waals surface area contributed by atoms with Crippen molar-refractivity contribution in [3.8, 4) is 0 Å². The lowest BCUT2D eigenvalue weighted by atomic mass is 10.3. The number of hydrogen-bond acceptors (Lipinski definition) is 5. The van der Waals surface area contributed by atoms with Gasteiger partial charge in [0.15, 0.2) is 0 Å². The van der Waals surface area contributed by atoms with Gasteiger partial charge in [-0.25, -0.2) is 14.4 Å². The van der Waals surface area contributed by atoms with Crippen LogP contribution < -0.4 is 0 Å². The Morgan fingerprint density at radius 1 is 0.679 bits per heavy atom. The summed E-state index contributed by atoms with van der Waals surface area (Å²) in [5.74, 6) is 0. The van der Waals surface area contributed by atoms with Crippen LogP contribution in [0.4, 0.5) is 52.7 Å². The maximum absolute atomic E-state index is 13.8. The summed E-state index contributed by atoms with van der Waals surface area (Å²) in [5, 5.41) is 0. The Hall–Kier alpha value is -1.04. The maximum Gasteiger partial charge on any atom is 0.478 e. The predicted octanol–water partition coefficient (Wildman–Crippen LogP) is 3.56. The van der Waals surface area contributed by atoms with Crippen LogP contribution >= 0.6 is 0 Å². The molecule has 1 heterocycles. The number of methoxy groups -OCH3 is 1. The van der Waals surface area contributed by atoms with E-state index in [1.54, 1.807) is 0 Å². The van der Waals surface area contributed by atoms with E-state index in [0.29, 0.717) is 0 Å². The molecule has 1 aliphatic rings. The van der Waals surface area contributed by atoms with E-state index in [9.17, 15) is 52.7 Å².